The maximum absolute atomic E-state index is 12.3. The Morgan fingerprint density at radius 2 is 2.09 bits per heavy atom. The van der Waals surface area contributed by atoms with Crippen molar-refractivity contribution < 1.29 is 14.3 Å². The smallest absolute Gasteiger partial charge is 0.266 e. The summed E-state index contributed by atoms with van der Waals surface area (Å²) >= 11 is 6.55. The Balaban J connectivity index is 2.26. The van der Waals surface area contributed by atoms with Gasteiger partial charge in [-0.25, -0.2) is 0 Å². The Labute approximate surface area is 146 Å². The summed E-state index contributed by atoms with van der Waals surface area (Å²) in [5.74, 6) is 1.33. The summed E-state index contributed by atoms with van der Waals surface area (Å²) in [4.78, 5) is 14.5. The lowest BCUT2D eigenvalue weighted by Gasteiger charge is -2.15. The first kappa shape index (κ1) is 17.8. The first-order chi connectivity index (χ1) is 11.0. The Morgan fingerprint density at radius 1 is 1.35 bits per heavy atom. The highest BCUT2D eigenvalue weighted by atomic mass is 32.2. The van der Waals surface area contributed by atoms with Crippen molar-refractivity contribution in [1.82, 2.24) is 4.90 Å². The van der Waals surface area contributed by atoms with E-state index in [4.69, 9.17) is 21.7 Å². The van der Waals surface area contributed by atoms with Crippen molar-refractivity contribution in [2.24, 2.45) is 0 Å². The minimum Gasteiger partial charge on any atom is -0.493 e. The van der Waals surface area contributed by atoms with Crippen molar-refractivity contribution >= 4 is 40.3 Å². The van der Waals surface area contributed by atoms with E-state index in [-0.39, 0.29) is 12.0 Å². The van der Waals surface area contributed by atoms with Crippen molar-refractivity contribution in [3.63, 3.8) is 0 Å². The van der Waals surface area contributed by atoms with E-state index < -0.39 is 0 Å². The van der Waals surface area contributed by atoms with E-state index >= 15 is 0 Å². The number of thioether (sulfide) groups is 1. The van der Waals surface area contributed by atoms with Crippen LogP contribution in [0.25, 0.3) is 6.08 Å². The molecule has 1 saturated heterocycles. The van der Waals surface area contributed by atoms with E-state index in [0.29, 0.717) is 27.3 Å². The molecule has 124 valence electrons. The SMILES string of the molecule is CC[C@@H](C)Oc1ccc(/C=C2/SC(=S)N(CC)C2=O)cc1OC. The summed E-state index contributed by atoms with van der Waals surface area (Å²) in [6.45, 7) is 6.59. The maximum atomic E-state index is 12.3. The average molecular weight is 351 g/mol. The molecule has 0 spiro atoms. The first-order valence-corrected chi connectivity index (χ1v) is 8.82. The summed E-state index contributed by atoms with van der Waals surface area (Å²) in [5.41, 5.74) is 0.884. The Morgan fingerprint density at radius 3 is 2.65 bits per heavy atom. The highest BCUT2D eigenvalue weighted by molar-refractivity contribution is 8.26. The third-order valence-electron chi connectivity index (χ3n) is 3.58. The Hall–Kier alpha value is -1.53. The second-order valence-electron chi connectivity index (χ2n) is 5.17. The summed E-state index contributed by atoms with van der Waals surface area (Å²) < 4.78 is 11.8. The second-order valence-corrected chi connectivity index (χ2v) is 6.85. The topological polar surface area (TPSA) is 38.8 Å². The lowest BCUT2D eigenvalue weighted by Crippen LogP contribution is -2.27. The molecule has 1 aromatic rings. The predicted octanol–water partition coefficient (Wildman–Crippen LogP) is 4.09. The zero-order valence-electron chi connectivity index (χ0n) is 13.8. The molecule has 6 heteroatoms. The standard InChI is InChI=1S/C17H21NO3S2/c1-5-11(3)21-13-8-7-12(9-14(13)20-4)10-15-16(19)18(6-2)17(22)23-15/h7-11H,5-6H2,1-4H3/b15-10+/t11-/m1/s1. The number of amides is 1. The number of likely N-dealkylation sites (N-methyl/N-ethyl adjacent to an activating group) is 1. The van der Waals surface area contributed by atoms with Crippen molar-refractivity contribution in [3.05, 3.63) is 28.7 Å². The summed E-state index contributed by atoms with van der Waals surface area (Å²) in [6, 6.07) is 5.66. The minimum absolute atomic E-state index is 0.0404. The molecule has 1 aliphatic heterocycles. The number of methoxy groups -OCH3 is 1. The Kier molecular flexibility index (Phi) is 6.07. The minimum atomic E-state index is -0.0404. The van der Waals surface area contributed by atoms with E-state index in [1.807, 2.05) is 38.1 Å². The number of hydrogen-bond acceptors (Lipinski definition) is 5. The Bertz CT molecular complexity index is 643. The van der Waals surface area contributed by atoms with Crippen LogP contribution in [0.1, 0.15) is 32.8 Å². The van der Waals surface area contributed by atoms with E-state index in [0.717, 1.165) is 12.0 Å². The molecule has 0 aromatic heterocycles. The molecule has 4 nitrogen and oxygen atoms in total. The van der Waals surface area contributed by atoms with Crippen LogP contribution in [0.3, 0.4) is 0 Å². The quantitative estimate of drug-likeness (QED) is 0.570. The zero-order chi connectivity index (χ0) is 17.0. The molecule has 0 unspecified atom stereocenters. The fourth-order valence-electron chi connectivity index (χ4n) is 2.10. The average Bonchev–Trinajstić information content (AvgIpc) is 2.81. The monoisotopic (exact) mass is 351 g/mol. The van der Waals surface area contributed by atoms with E-state index in [1.165, 1.54) is 11.8 Å². The molecule has 0 aliphatic carbocycles. The van der Waals surface area contributed by atoms with Crippen molar-refractivity contribution in [1.29, 1.82) is 0 Å². The van der Waals surface area contributed by atoms with Gasteiger partial charge < -0.3 is 9.47 Å². The first-order valence-electron chi connectivity index (χ1n) is 7.60. The second kappa shape index (κ2) is 7.84. The number of hydrogen-bond donors (Lipinski definition) is 0. The zero-order valence-corrected chi connectivity index (χ0v) is 15.4. The van der Waals surface area contributed by atoms with Gasteiger partial charge >= 0.3 is 0 Å². The fraction of sp³-hybridized carbons (Fsp3) is 0.412. The summed E-state index contributed by atoms with van der Waals surface area (Å²) in [5, 5.41) is 0. The molecule has 0 N–H and O–H groups in total. The van der Waals surface area contributed by atoms with Gasteiger partial charge in [-0.1, -0.05) is 37.0 Å². The van der Waals surface area contributed by atoms with Crippen LogP contribution in [0.15, 0.2) is 23.1 Å². The molecule has 1 heterocycles. The molecule has 2 rings (SSSR count). The molecular formula is C17H21NO3S2. The molecule has 1 aliphatic rings. The molecule has 1 aromatic carbocycles. The van der Waals surface area contributed by atoms with Crippen LogP contribution in [0.5, 0.6) is 11.5 Å². The molecule has 0 radical (unpaired) electrons. The fourth-order valence-corrected chi connectivity index (χ4v) is 3.48. The van der Waals surface area contributed by atoms with Crippen molar-refractivity contribution in [2.75, 3.05) is 13.7 Å². The molecule has 0 bridgehead atoms. The molecule has 1 fully saturated rings. The van der Waals surface area contributed by atoms with Gasteiger partial charge in [-0.2, -0.15) is 0 Å². The normalized spacial score (nSPS) is 17.7. The van der Waals surface area contributed by atoms with Crippen molar-refractivity contribution in [3.8, 4) is 11.5 Å². The molecule has 0 saturated carbocycles. The number of thiocarbonyl (C=S) groups is 1. The lowest BCUT2D eigenvalue weighted by atomic mass is 10.1. The number of rotatable bonds is 6. The largest absolute Gasteiger partial charge is 0.493 e. The number of benzene rings is 1. The maximum Gasteiger partial charge on any atom is 0.266 e. The summed E-state index contributed by atoms with van der Waals surface area (Å²) in [6.07, 6.45) is 2.88. The highest BCUT2D eigenvalue weighted by Gasteiger charge is 2.30. The van der Waals surface area contributed by atoms with Gasteiger partial charge in [0.1, 0.15) is 4.32 Å². The van der Waals surface area contributed by atoms with E-state index in [1.54, 1.807) is 12.0 Å². The van der Waals surface area contributed by atoms with Gasteiger partial charge in [0, 0.05) is 6.54 Å². The lowest BCUT2D eigenvalue weighted by molar-refractivity contribution is -0.121. The van der Waals surface area contributed by atoms with Gasteiger partial charge in [-0.3, -0.25) is 9.69 Å². The van der Waals surface area contributed by atoms with Gasteiger partial charge in [-0.15, -0.1) is 0 Å². The van der Waals surface area contributed by atoms with Gasteiger partial charge in [-0.05, 0) is 44.0 Å². The van der Waals surface area contributed by atoms with Crippen LogP contribution in [0.4, 0.5) is 0 Å². The van der Waals surface area contributed by atoms with Gasteiger partial charge in [0.2, 0.25) is 0 Å². The van der Waals surface area contributed by atoms with Crippen LogP contribution in [-0.2, 0) is 4.79 Å². The third kappa shape index (κ3) is 4.06. The van der Waals surface area contributed by atoms with Crippen LogP contribution < -0.4 is 9.47 Å². The predicted molar refractivity (Wildman–Crippen MR) is 98.9 cm³/mol. The van der Waals surface area contributed by atoms with Crippen LogP contribution in [0.2, 0.25) is 0 Å². The number of nitrogens with zero attached hydrogens (tertiary/aromatic N) is 1. The van der Waals surface area contributed by atoms with Crippen LogP contribution in [0, 0.1) is 0 Å². The molecule has 23 heavy (non-hydrogen) atoms. The van der Waals surface area contributed by atoms with E-state index in [9.17, 15) is 4.79 Å². The van der Waals surface area contributed by atoms with Gasteiger partial charge in [0.15, 0.2) is 11.5 Å². The van der Waals surface area contributed by atoms with Gasteiger partial charge in [0.05, 0.1) is 18.1 Å². The molecular weight excluding hydrogens is 330 g/mol. The third-order valence-corrected chi connectivity index (χ3v) is 4.96. The van der Waals surface area contributed by atoms with Crippen LogP contribution >= 0.6 is 24.0 Å². The number of ether oxygens (including phenoxy) is 2. The number of carbonyl (C=O) groups excluding carboxylic acids is 1. The highest BCUT2D eigenvalue weighted by Crippen LogP contribution is 2.34. The molecule has 1 amide bonds. The molecule has 1 atom stereocenters. The van der Waals surface area contributed by atoms with E-state index in [2.05, 4.69) is 6.92 Å². The summed E-state index contributed by atoms with van der Waals surface area (Å²) in [7, 11) is 1.61. The number of carbonyl (C=O) groups is 1. The van der Waals surface area contributed by atoms with Gasteiger partial charge in [0.25, 0.3) is 5.91 Å². The van der Waals surface area contributed by atoms with Crippen molar-refractivity contribution in [2.45, 2.75) is 33.3 Å². The van der Waals surface area contributed by atoms with Crippen LogP contribution in [-0.4, -0.2) is 34.9 Å².